The van der Waals surface area contributed by atoms with Crippen LogP contribution in [0.1, 0.15) is 12.0 Å². The molecular weight excluding hydrogens is 512 g/mol. The number of rotatable bonds is 4. The van der Waals surface area contributed by atoms with Gasteiger partial charge in [0.1, 0.15) is 0 Å². The summed E-state index contributed by atoms with van der Waals surface area (Å²) in [6.45, 7) is 0.652. The Balaban J connectivity index is 0.00000312. The van der Waals surface area contributed by atoms with Crippen molar-refractivity contribution in [1.82, 2.24) is 15.1 Å². The largest absolute Gasteiger partial charge is 0.401 e. The molecule has 4 nitrogen and oxygen atoms in total. The third-order valence-corrected chi connectivity index (χ3v) is 4.44. The molecule has 1 aliphatic rings. The van der Waals surface area contributed by atoms with Gasteiger partial charge in [0.2, 0.25) is 0 Å². The predicted octanol–water partition coefficient (Wildman–Crippen LogP) is 3.71. The number of benzene rings is 1. The number of guanidine groups is 1. The Morgan fingerprint density at radius 1 is 1.36 bits per heavy atom. The van der Waals surface area contributed by atoms with E-state index >= 15 is 0 Å². The van der Waals surface area contributed by atoms with Crippen LogP contribution < -0.4 is 5.32 Å². The van der Waals surface area contributed by atoms with E-state index in [2.05, 4.69) is 26.2 Å². The van der Waals surface area contributed by atoms with E-state index in [9.17, 15) is 13.2 Å². The molecule has 1 aromatic rings. The van der Waals surface area contributed by atoms with Crippen molar-refractivity contribution < 1.29 is 13.2 Å². The van der Waals surface area contributed by atoms with Crippen LogP contribution in [0.15, 0.2) is 33.7 Å². The summed E-state index contributed by atoms with van der Waals surface area (Å²) in [5, 5.41) is 3.27. The van der Waals surface area contributed by atoms with Gasteiger partial charge in [-0.2, -0.15) is 13.2 Å². The van der Waals surface area contributed by atoms with E-state index in [0.717, 1.165) is 10.0 Å². The van der Waals surface area contributed by atoms with Crippen LogP contribution in [0.5, 0.6) is 0 Å². The number of nitrogens with zero attached hydrogens (tertiary/aromatic N) is 3. The molecule has 1 aromatic carbocycles. The Labute approximate surface area is 172 Å². The molecule has 2 rings (SSSR count). The van der Waals surface area contributed by atoms with Crippen molar-refractivity contribution in [1.29, 1.82) is 0 Å². The molecule has 0 bridgehead atoms. The minimum absolute atomic E-state index is 0. The molecule has 0 saturated carbocycles. The highest BCUT2D eigenvalue weighted by molar-refractivity contribution is 14.0. The number of halogens is 5. The van der Waals surface area contributed by atoms with E-state index in [1.54, 1.807) is 7.05 Å². The smallest absolute Gasteiger partial charge is 0.352 e. The molecule has 1 atom stereocenters. The van der Waals surface area contributed by atoms with Crippen molar-refractivity contribution in [3.63, 3.8) is 0 Å². The first kappa shape index (κ1) is 22.5. The first-order valence-electron chi connectivity index (χ1n) is 7.75. The van der Waals surface area contributed by atoms with Gasteiger partial charge in [-0.1, -0.05) is 28.1 Å². The monoisotopic (exact) mass is 534 g/mol. The average Bonchev–Trinajstić information content (AvgIpc) is 2.92. The number of nitrogens with one attached hydrogen (secondary N) is 1. The second-order valence-corrected chi connectivity index (χ2v) is 6.93. The highest BCUT2D eigenvalue weighted by Crippen LogP contribution is 2.20. The zero-order valence-corrected chi connectivity index (χ0v) is 18.1. The Morgan fingerprint density at radius 2 is 2.00 bits per heavy atom. The van der Waals surface area contributed by atoms with Gasteiger partial charge in [0.15, 0.2) is 5.96 Å². The van der Waals surface area contributed by atoms with Crippen molar-refractivity contribution in [2.45, 2.75) is 25.2 Å². The van der Waals surface area contributed by atoms with Gasteiger partial charge in [0, 0.05) is 44.2 Å². The van der Waals surface area contributed by atoms with Gasteiger partial charge in [-0.3, -0.25) is 9.89 Å². The summed E-state index contributed by atoms with van der Waals surface area (Å²) < 4.78 is 38.4. The first-order chi connectivity index (χ1) is 11.3. The van der Waals surface area contributed by atoms with Gasteiger partial charge in [0.05, 0.1) is 6.54 Å². The summed E-state index contributed by atoms with van der Waals surface area (Å²) in [5.41, 5.74) is 1.13. The Hall–Kier alpha value is -0.550. The Kier molecular flexibility index (Phi) is 8.96. The van der Waals surface area contributed by atoms with Gasteiger partial charge in [-0.25, -0.2) is 0 Å². The molecule has 0 aromatic heterocycles. The van der Waals surface area contributed by atoms with Crippen molar-refractivity contribution in [2.75, 3.05) is 33.7 Å². The molecule has 1 fully saturated rings. The summed E-state index contributed by atoms with van der Waals surface area (Å²) in [7, 11) is 3.60. The lowest BCUT2D eigenvalue weighted by molar-refractivity contribution is -0.143. The highest BCUT2D eigenvalue weighted by atomic mass is 127. The third-order valence-electron chi connectivity index (χ3n) is 3.91. The Morgan fingerprint density at radius 3 is 2.56 bits per heavy atom. The van der Waals surface area contributed by atoms with Crippen LogP contribution in [-0.2, 0) is 6.54 Å². The predicted molar refractivity (Wildman–Crippen MR) is 108 cm³/mol. The van der Waals surface area contributed by atoms with E-state index in [4.69, 9.17) is 0 Å². The second kappa shape index (κ2) is 9.96. The first-order valence-corrected chi connectivity index (χ1v) is 8.54. The lowest BCUT2D eigenvalue weighted by atomic mass is 10.2. The van der Waals surface area contributed by atoms with Crippen LogP contribution in [0.4, 0.5) is 13.2 Å². The highest BCUT2D eigenvalue weighted by Gasteiger charge is 2.34. The molecule has 9 heteroatoms. The van der Waals surface area contributed by atoms with Crippen LogP contribution in [0.2, 0.25) is 0 Å². The molecule has 0 radical (unpaired) electrons. The molecule has 25 heavy (non-hydrogen) atoms. The SMILES string of the molecule is CN=C(NC1CCN(CC(F)(F)F)C1)N(C)Cc1ccc(Br)cc1.I. The zero-order chi connectivity index (χ0) is 17.7. The number of hydrogen-bond acceptors (Lipinski definition) is 2. The fourth-order valence-electron chi connectivity index (χ4n) is 2.81. The van der Waals surface area contributed by atoms with Gasteiger partial charge in [-0.05, 0) is 24.1 Å². The topological polar surface area (TPSA) is 30.9 Å². The van der Waals surface area contributed by atoms with Crippen LogP contribution in [0.25, 0.3) is 0 Å². The molecule has 142 valence electrons. The summed E-state index contributed by atoms with van der Waals surface area (Å²) in [6.07, 6.45) is -3.46. The van der Waals surface area contributed by atoms with E-state index in [0.29, 0.717) is 32.0 Å². The fourth-order valence-corrected chi connectivity index (χ4v) is 3.08. The second-order valence-electron chi connectivity index (χ2n) is 6.01. The number of aliphatic imine (C=N–C) groups is 1. The summed E-state index contributed by atoms with van der Waals surface area (Å²) >= 11 is 3.40. The molecule has 0 spiro atoms. The number of hydrogen-bond donors (Lipinski definition) is 1. The molecule has 1 aliphatic heterocycles. The van der Waals surface area contributed by atoms with Gasteiger partial charge >= 0.3 is 6.18 Å². The van der Waals surface area contributed by atoms with Crippen LogP contribution >= 0.6 is 39.9 Å². The van der Waals surface area contributed by atoms with E-state index in [1.165, 1.54) is 4.90 Å². The maximum absolute atomic E-state index is 12.5. The standard InChI is InChI=1S/C16H22BrF3N4.HI/c1-21-15(23(2)9-12-3-5-13(17)6-4-12)22-14-7-8-24(10-14)11-16(18,19)20;/h3-6,14H,7-11H2,1-2H3,(H,21,22);1H. The normalized spacial score (nSPS) is 18.8. The third kappa shape index (κ3) is 7.69. The van der Waals surface area contributed by atoms with Crippen LogP contribution in [0.3, 0.4) is 0 Å². The quantitative estimate of drug-likeness (QED) is 0.363. The molecule has 1 heterocycles. The maximum Gasteiger partial charge on any atom is 0.401 e. The lowest BCUT2D eigenvalue weighted by Crippen LogP contribution is -2.45. The molecule has 1 saturated heterocycles. The lowest BCUT2D eigenvalue weighted by Gasteiger charge is -2.25. The summed E-state index contributed by atoms with van der Waals surface area (Å²) in [5.74, 6) is 0.691. The van der Waals surface area contributed by atoms with Crippen molar-refractivity contribution in [3.05, 3.63) is 34.3 Å². The molecule has 0 aliphatic carbocycles. The molecule has 0 amide bonds. The van der Waals surface area contributed by atoms with Gasteiger partial charge in [0.25, 0.3) is 0 Å². The summed E-state index contributed by atoms with van der Waals surface area (Å²) in [4.78, 5) is 7.64. The van der Waals surface area contributed by atoms with E-state index in [1.807, 2.05) is 36.2 Å². The van der Waals surface area contributed by atoms with E-state index < -0.39 is 12.7 Å². The zero-order valence-electron chi connectivity index (χ0n) is 14.2. The van der Waals surface area contributed by atoms with Crippen molar-refractivity contribution in [2.24, 2.45) is 4.99 Å². The van der Waals surface area contributed by atoms with Gasteiger partial charge < -0.3 is 10.2 Å². The van der Waals surface area contributed by atoms with Crippen LogP contribution in [0, 0.1) is 0 Å². The molecule has 1 N–H and O–H groups in total. The Bertz CT molecular complexity index is 565. The minimum Gasteiger partial charge on any atom is -0.352 e. The maximum atomic E-state index is 12.5. The fraction of sp³-hybridized carbons (Fsp3) is 0.562. The van der Waals surface area contributed by atoms with Crippen LogP contribution in [-0.4, -0.2) is 61.7 Å². The molecule has 1 unspecified atom stereocenters. The van der Waals surface area contributed by atoms with Crippen molar-refractivity contribution >= 4 is 45.9 Å². The number of likely N-dealkylation sites (tertiary alicyclic amines) is 1. The average molecular weight is 535 g/mol. The van der Waals surface area contributed by atoms with Crippen molar-refractivity contribution in [3.8, 4) is 0 Å². The number of alkyl halides is 3. The van der Waals surface area contributed by atoms with E-state index in [-0.39, 0.29) is 30.0 Å². The summed E-state index contributed by atoms with van der Waals surface area (Å²) in [6, 6.07) is 7.98. The minimum atomic E-state index is -4.14. The van der Waals surface area contributed by atoms with Gasteiger partial charge in [-0.15, -0.1) is 24.0 Å². The molecular formula is C16H23BrF3IN4.